The number of furan rings is 1. The van der Waals surface area contributed by atoms with Crippen LogP contribution in [0.3, 0.4) is 0 Å². The highest BCUT2D eigenvalue weighted by molar-refractivity contribution is 5.74. The number of halogens is 1. The second kappa shape index (κ2) is 6.81. The lowest BCUT2D eigenvalue weighted by Crippen LogP contribution is -3.00. The van der Waals surface area contributed by atoms with Crippen LogP contribution in [-0.2, 0) is 17.9 Å². The predicted octanol–water partition coefficient (Wildman–Crippen LogP) is -1.80. The minimum absolute atomic E-state index is 0. The Balaban J connectivity index is 0.00000162. The highest BCUT2D eigenvalue weighted by Gasteiger charge is 2.08. The Bertz CT molecular complexity index is 480. The number of rotatable bonds is 4. The molecule has 96 valence electrons. The molecule has 0 saturated carbocycles. The maximum Gasteiger partial charge on any atom is 0.286 e. The third kappa shape index (κ3) is 4.22. The van der Waals surface area contributed by atoms with Crippen molar-refractivity contribution in [1.82, 2.24) is 5.32 Å². The van der Waals surface area contributed by atoms with Crippen molar-refractivity contribution in [2.75, 3.05) is 0 Å². The Morgan fingerprint density at radius 2 is 2.06 bits per heavy atom. The van der Waals surface area contributed by atoms with Gasteiger partial charge in [-0.25, -0.2) is 0 Å². The molecule has 0 radical (unpaired) electrons. The van der Waals surface area contributed by atoms with E-state index in [0.717, 1.165) is 5.76 Å². The van der Waals surface area contributed by atoms with E-state index in [1.54, 1.807) is 12.3 Å². The van der Waals surface area contributed by atoms with Crippen LogP contribution in [0.15, 0.2) is 47.3 Å². The molecule has 5 heteroatoms. The molecule has 0 aliphatic rings. The minimum Gasteiger partial charge on any atom is -1.00 e. The van der Waals surface area contributed by atoms with Crippen LogP contribution in [-0.4, -0.2) is 5.91 Å². The van der Waals surface area contributed by atoms with Gasteiger partial charge in [-0.1, -0.05) is 0 Å². The van der Waals surface area contributed by atoms with Crippen molar-refractivity contribution in [3.05, 3.63) is 54.2 Å². The lowest BCUT2D eigenvalue weighted by atomic mass is 10.3. The van der Waals surface area contributed by atoms with Crippen molar-refractivity contribution >= 4 is 5.91 Å². The van der Waals surface area contributed by atoms with E-state index in [-0.39, 0.29) is 18.3 Å². The fourth-order valence-corrected chi connectivity index (χ4v) is 1.46. The second-order valence-electron chi connectivity index (χ2n) is 3.90. The van der Waals surface area contributed by atoms with Crippen molar-refractivity contribution in [2.45, 2.75) is 20.0 Å². The number of aromatic nitrogens is 1. The molecule has 1 amide bonds. The van der Waals surface area contributed by atoms with Crippen molar-refractivity contribution in [2.24, 2.45) is 0 Å². The van der Waals surface area contributed by atoms with Crippen molar-refractivity contribution in [3.63, 3.8) is 0 Å². The molecular formula is C13H15ClN2O2. The van der Waals surface area contributed by atoms with Crippen LogP contribution in [0.2, 0.25) is 0 Å². The summed E-state index contributed by atoms with van der Waals surface area (Å²) >= 11 is 0. The molecule has 2 rings (SSSR count). The fourth-order valence-electron chi connectivity index (χ4n) is 1.46. The Hall–Kier alpha value is -1.81. The van der Waals surface area contributed by atoms with E-state index in [4.69, 9.17) is 4.42 Å². The molecule has 2 aromatic rings. The summed E-state index contributed by atoms with van der Waals surface area (Å²) < 4.78 is 6.97. The van der Waals surface area contributed by atoms with E-state index in [9.17, 15) is 4.79 Å². The largest absolute Gasteiger partial charge is 1.00 e. The molecule has 0 spiro atoms. The summed E-state index contributed by atoms with van der Waals surface area (Å²) in [6.07, 6.45) is 5.37. The molecule has 0 saturated heterocycles. The van der Waals surface area contributed by atoms with E-state index in [2.05, 4.69) is 5.32 Å². The van der Waals surface area contributed by atoms with Crippen LogP contribution in [0, 0.1) is 6.92 Å². The smallest absolute Gasteiger partial charge is 0.286 e. The zero-order chi connectivity index (χ0) is 12.1. The Kier molecular flexibility index (Phi) is 5.39. The lowest BCUT2D eigenvalue weighted by molar-refractivity contribution is -0.684. The first-order valence-electron chi connectivity index (χ1n) is 5.49. The third-order valence-electron chi connectivity index (χ3n) is 2.42. The van der Waals surface area contributed by atoms with Gasteiger partial charge in [0.25, 0.3) is 5.91 Å². The van der Waals surface area contributed by atoms with Gasteiger partial charge in [0.1, 0.15) is 5.76 Å². The highest BCUT2D eigenvalue weighted by atomic mass is 35.5. The average molecular weight is 267 g/mol. The van der Waals surface area contributed by atoms with E-state index < -0.39 is 0 Å². The van der Waals surface area contributed by atoms with Crippen molar-refractivity contribution in [3.8, 4) is 0 Å². The summed E-state index contributed by atoms with van der Waals surface area (Å²) in [6.45, 7) is 2.76. The molecule has 0 aromatic carbocycles. The number of nitrogens with one attached hydrogen (secondary N) is 1. The summed E-state index contributed by atoms with van der Waals surface area (Å²) in [5, 5.41) is 2.79. The number of amides is 1. The van der Waals surface area contributed by atoms with E-state index in [1.807, 2.05) is 42.1 Å². The number of aryl methyl sites for hydroxylation is 1. The molecule has 18 heavy (non-hydrogen) atoms. The summed E-state index contributed by atoms with van der Waals surface area (Å²) in [7, 11) is 0. The monoisotopic (exact) mass is 266 g/mol. The first-order valence-corrected chi connectivity index (χ1v) is 5.49. The zero-order valence-corrected chi connectivity index (χ0v) is 10.9. The molecule has 0 atom stereocenters. The number of hydrogen-bond donors (Lipinski definition) is 1. The van der Waals surface area contributed by atoms with E-state index in [1.165, 1.54) is 5.56 Å². The zero-order valence-electron chi connectivity index (χ0n) is 10.1. The summed E-state index contributed by atoms with van der Waals surface area (Å²) in [5.41, 5.74) is 1.18. The van der Waals surface area contributed by atoms with Gasteiger partial charge in [0.15, 0.2) is 12.4 Å². The molecule has 1 N–H and O–H groups in total. The molecule has 2 aromatic heterocycles. The van der Waals surface area contributed by atoms with Gasteiger partial charge in [-0.2, -0.15) is 4.57 Å². The van der Waals surface area contributed by atoms with Crippen molar-refractivity contribution < 1.29 is 26.2 Å². The van der Waals surface area contributed by atoms with Crippen LogP contribution in [0.4, 0.5) is 0 Å². The molecule has 0 aliphatic heterocycles. The van der Waals surface area contributed by atoms with Crippen molar-refractivity contribution in [1.29, 1.82) is 0 Å². The topological polar surface area (TPSA) is 46.1 Å². The van der Waals surface area contributed by atoms with Crippen LogP contribution in [0.1, 0.15) is 11.3 Å². The fraction of sp³-hybridized carbons (Fsp3) is 0.231. The molecule has 0 unspecified atom stereocenters. The summed E-state index contributed by atoms with van der Waals surface area (Å²) in [4.78, 5) is 11.6. The van der Waals surface area contributed by atoms with Gasteiger partial charge in [0, 0.05) is 12.1 Å². The Morgan fingerprint density at radius 1 is 1.33 bits per heavy atom. The van der Waals surface area contributed by atoms with Gasteiger partial charge in [0.2, 0.25) is 6.54 Å². The maximum absolute atomic E-state index is 11.6. The van der Waals surface area contributed by atoms with Crippen LogP contribution in [0.5, 0.6) is 0 Å². The van der Waals surface area contributed by atoms with Gasteiger partial charge in [0.05, 0.1) is 12.8 Å². The quantitative estimate of drug-likeness (QED) is 0.664. The Labute approximate surface area is 112 Å². The standard InChI is InChI=1S/C13H14N2O2.ClH/c1-11-4-6-15(7-5-11)10-13(16)14-9-12-3-2-8-17-12;/h2-8H,9-10H2,1H3;1H. The molecular weight excluding hydrogens is 252 g/mol. The van der Waals surface area contributed by atoms with E-state index in [0.29, 0.717) is 13.1 Å². The third-order valence-corrected chi connectivity index (χ3v) is 2.42. The van der Waals surface area contributed by atoms with E-state index >= 15 is 0 Å². The van der Waals surface area contributed by atoms with Crippen LogP contribution in [0.25, 0.3) is 0 Å². The van der Waals surface area contributed by atoms with Gasteiger partial charge in [-0.15, -0.1) is 0 Å². The summed E-state index contributed by atoms with van der Waals surface area (Å²) in [6, 6.07) is 7.58. The van der Waals surface area contributed by atoms with Gasteiger partial charge < -0.3 is 22.1 Å². The number of nitrogens with zero attached hydrogens (tertiary/aromatic N) is 1. The van der Waals surface area contributed by atoms with Gasteiger partial charge in [-0.05, 0) is 24.6 Å². The van der Waals surface area contributed by atoms with Gasteiger partial charge in [-0.3, -0.25) is 4.79 Å². The minimum atomic E-state index is -0.0322. The first kappa shape index (κ1) is 14.3. The number of pyridine rings is 1. The SMILES string of the molecule is Cc1cc[n+](CC(=O)NCc2ccco2)cc1.[Cl-]. The number of carbonyl (C=O) groups excluding carboxylic acids is 1. The lowest BCUT2D eigenvalue weighted by Gasteiger charge is -2.00. The molecule has 0 fully saturated rings. The maximum atomic E-state index is 11.6. The molecule has 0 bridgehead atoms. The molecule has 0 aliphatic carbocycles. The first-order chi connectivity index (χ1) is 8.24. The van der Waals surface area contributed by atoms with Gasteiger partial charge >= 0.3 is 0 Å². The molecule has 2 heterocycles. The van der Waals surface area contributed by atoms with Crippen LogP contribution < -0.4 is 22.3 Å². The molecule has 4 nitrogen and oxygen atoms in total. The number of hydrogen-bond acceptors (Lipinski definition) is 2. The number of carbonyl (C=O) groups is 1. The summed E-state index contributed by atoms with van der Waals surface area (Å²) in [5.74, 6) is 0.725. The highest BCUT2D eigenvalue weighted by Crippen LogP contribution is 1.98. The normalized spacial score (nSPS) is 9.61. The average Bonchev–Trinajstić information content (AvgIpc) is 2.83. The predicted molar refractivity (Wildman–Crippen MR) is 61.9 cm³/mol. The van der Waals surface area contributed by atoms with Crippen LogP contribution >= 0.6 is 0 Å². The second-order valence-corrected chi connectivity index (χ2v) is 3.90. The Morgan fingerprint density at radius 3 is 2.67 bits per heavy atom.